The highest BCUT2D eigenvalue weighted by Gasteiger charge is 2.29. The summed E-state index contributed by atoms with van der Waals surface area (Å²) in [6.07, 6.45) is 5.35. The first-order valence-electron chi connectivity index (χ1n) is 9.85. The van der Waals surface area contributed by atoms with E-state index in [1.165, 1.54) is 11.3 Å². The number of hydrogen-bond acceptors (Lipinski definition) is 4. The molecule has 150 valence electrons. The molecule has 1 saturated heterocycles. The number of aromatic nitrogens is 2. The maximum Gasteiger partial charge on any atom is 0.263 e. The van der Waals surface area contributed by atoms with Crippen LogP contribution in [0.3, 0.4) is 0 Å². The topological polar surface area (TPSA) is 67.2 Å². The average molecular weight is 409 g/mol. The van der Waals surface area contributed by atoms with Crippen LogP contribution in [-0.4, -0.2) is 39.6 Å². The van der Waals surface area contributed by atoms with Gasteiger partial charge in [-0.15, -0.1) is 11.3 Å². The zero-order valence-electron chi connectivity index (χ0n) is 16.2. The molecule has 6 nitrogen and oxygen atoms in total. The summed E-state index contributed by atoms with van der Waals surface area (Å²) in [6, 6.07) is 13.7. The molecule has 1 atom stereocenters. The van der Waals surface area contributed by atoms with E-state index in [-0.39, 0.29) is 17.7 Å². The number of nitrogens with one attached hydrogen (secondary N) is 1. The minimum Gasteiger partial charge on any atom is -0.352 e. The molecule has 0 aliphatic carbocycles. The van der Waals surface area contributed by atoms with Gasteiger partial charge in [-0.1, -0.05) is 30.3 Å². The Hall–Kier alpha value is -2.93. The number of carbonyl (C=O) groups is 2. The van der Waals surface area contributed by atoms with Gasteiger partial charge in [-0.25, -0.2) is 0 Å². The molecule has 1 fully saturated rings. The van der Waals surface area contributed by atoms with E-state index in [0.717, 1.165) is 28.8 Å². The number of thiophene rings is 1. The van der Waals surface area contributed by atoms with Crippen molar-refractivity contribution in [2.75, 3.05) is 13.1 Å². The fourth-order valence-corrected chi connectivity index (χ4v) is 4.40. The van der Waals surface area contributed by atoms with Gasteiger partial charge in [0.15, 0.2) is 0 Å². The van der Waals surface area contributed by atoms with Gasteiger partial charge in [0.05, 0.1) is 17.3 Å². The lowest BCUT2D eigenvalue weighted by molar-refractivity contribution is -0.126. The summed E-state index contributed by atoms with van der Waals surface area (Å²) < 4.78 is 1.87. The predicted octanol–water partition coefficient (Wildman–Crippen LogP) is 3.16. The van der Waals surface area contributed by atoms with E-state index >= 15 is 0 Å². The van der Waals surface area contributed by atoms with Crippen molar-refractivity contribution in [2.45, 2.75) is 25.9 Å². The smallest absolute Gasteiger partial charge is 0.263 e. The molecule has 29 heavy (non-hydrogen) atoms. The quantitative estimate of drug-likeness (QED) is 0.681. The van der Waals surface area contributed by atoms with Gasteiger partial charge >= 0.3 is 0 Å². The fraction of sp³-hybridized carbons (Fsp3) is 0.318. The lowest BCUT2D eigenvalue weighted by Gasteiger charge is -2.31. The zero-order valence-corrected chi connectivity index (χ0v) is 17.0. The van der Waals surface area contributed by atoms with Crippen LogP contribution in [0, 0.1) is 5.92 Å². The molecule has 0 spiro atoms. The van der Waals surface area contributed by atoms with E-state index in [2.05, 4.69) is 16.5 Å². The number of carbonyl (C=O) groups excluding carboxylic acids is 2. The van der Waals surface area contributed by atoms with Crippen molar-refractivity contribution >= 4 is 23.2 Å². The van der Waals surface area contributed by atoms with Gasteiger partial charge in [0, 0.05) is 32.0 Å². The number of hydrogen-bond donors (Lipinski definition) is 1. The SMILES string of the molecule is O=C(NCc1ccccc1Cn1cccn1)[C@@H]1CCCN(C(=O)c2cccs2)C1. The van der Waals surface area contributed by atoms with Gasteiger partial charge in [0.2, 0.25) is 5.91 Å². The molecule has 2 amide bonds. The Labute approximate surface area is 174 Å². The summed E-state index contributed by atoms with van der Waals surface area (Å²) >= 11 is 1.45. The summed E-state index contributed by atoms with van der Waals surface area (Å²) in [4.78, 5) is 27.9. The van der Waals surface area contributed by atoms with Crippen LogP contribution in [0.1, 0.15) is 33.6 Å². The molecular formula is C22H24N4O2S. The Bertz CT molecular complexity index is 953. The second-order valence-corrected chi connectivity index (χ2v) is 8.21. The minimum absolute atomic E-state index is 0.0163. The number of benzene rings is 1. The van der Waals surface area contributed by atoms with Crippen LogP contribution in [0.25, 0.3) is 0 Å². The summed E-state index contributed by atoms with van der Waals surface area (Å²) in [5.41, 5.74) is 2.22. The largest absolute Gasteiger partial charge is 0.352 e. The minimum atomic E-state index is -0.161. The molecule has 2 aromatic heterocycles. The third kappa shape index (κ3) is 4.74. The van der Waals surface area contributed by atoms with Crippen LogP contribution >= 0.6 is 11.3 Å². The van der Waals surface area contributed by atoms with Gasteiger partial charge < -0.3 is 10.2 Å². The number of likely N-dealkylation sites (tertiary alicyclic amines) is 1. The molecule has 3 heterocycles. The lowest BCUT2D eigenvalue weighted by atomic mass is 9.96. The number of piperidine rings is 1. The first-order valence-corrected chi connectivity index (χ1v) is 10.7. The number of rotatable bonds is 6. The molecule has 1 aliphatic rings. The van der Waals surface area contributed by atoms with Crippen molar-refractivity contribution in [3.05, 3.63) is 76.2 Å². The Morgan fingerprint density at radius 1 is 1.14 bits per heavy atom. The Morgan fingerprint density at radius 2 is 2.00 bits per heavy atom. The van der Waals surface area contributed by atoms with Crippen LogP contribution < -0.4 is 5.32 Å². The van der Waals surface area contributed by atoms with Gasteiger partial charge in [-0.2, -0.15) is 5.10 Å². The van der Waals surface area contributed by atoms with Crippen LogP contribution in [0.4, 0.5) is 0 Å². The molecular weight excluding hydrogens is 384 g/mol. The first-order chi connectivity index (χ1) is 14.2. The molecule has 7 heteroatoms. The Morgan fingerprint density at radius 3 is 2.76 bits per heavy atom. The summed E-state index contributed by atoms with van der Waals surface area (Å²) in [6.45, 7) is 2.35. The van der Waals surface area contributed by atoms with E-state index in [9.17, 15) is 9.59 Å². The van der Waals surface area contributed by atoms with E-state index in [1.807, 2.05) is 57.6 Å². The third-order valence-corrected chi connectivity index (χ3v) is 6.13. The molecule has 1 aliphatic heterocycles. The highest BCUT2D eigenvalue weighted by Crippen LogP contribution is 2.21. The normalized spacial score (nSPS) is 16.6. The first kappa shape index (κ1) is 19.4. The lowest BCUT2D eigenvalue weighted by Crippen LogP contribution is -2.45. The summed E-state index contributed by atoms with van der Waals surface area (Å²) in [5.74, 6) is -0.115. The summed E-state index contributed by atoms with van der Waals surface area (Å²) in [5, 5.41) is 9.24. The van der Waals surface area contributed by atoms with E-state index in [0.29, 0.717) is 26.2 Å². The van der Waals surface area contributed by atoms with Crippen molar-refractivity contribution in [3.8, 4) is 0 Å². The molecule has 1 aromatic carbocycles. The average Bonchev–Trinajstić information content (AvgIpc) is 3.47. The maximum atomic E-state index is 12.8. The molecule has 0 radical (unpaired) electrons. The molecule has 3 aromatic rings. The Kier molecular flexibility index (Phi) is 6.05. The van der Waals surface area contributed by atoms with Crippen LogP contribution in [0.15, 0.2) is 60.2 Å². The second kappa shape index (κ2) is 9.05. The van der Waals surface area contributed by atoms with E-state index < -0.39 is 0 Å². The molecule has 1 N–H and O–H groups in total. The van der Waals surface area contributed by atoms with Crippen molar-refractivity contribution < 1.29 is 9.59 Å². The van der Waals surface area contributed by atoms with E-state index in [4.69, 9.17) is 0 Å². The molecule has 0 saturated carbocycles. The Balaban J connectivity index is 1.36. The van der Waals surface area contributed by atoms with Crippen LogP contribution in [0.2, 0.25) is 0 Å². The van der Waals surface area contributed by atoms with Crippen LogP contribution in [0.5, 0.6) is 0 Å². The highest BCUT2D eigenvalue weighted by molar-refractivity contribution is 7.12. The molecule has 0 bridgehead atoms. The van der Waals surface area contributed by atoms with Crippen molar-refractivity contribution in [2.24, 2.45) is 5.92 Å². The second-order valence-electron chi connectivity index (χ2n) is 7.26. The fourth-order valence-electron chi connectivity index (χ4n) is 3.71. The monoisotopic (exact) mass is 408 g/mol. The van der Waals surface area contributed by atoms with Gasteiger partial charge in [0.25, 0.3) is 5.91 Å². The molecule has 4 rings (SSSR count). The van der Waals surface area contributed by atoms with Crippen LogP contribution in [-0.2, 0) is 17.9 Å². The van der Waals surface area contributed by atoms with Crippen molar-refractivity contribution in [1.82, 2.24) is 20.0 Å². The van der Waals surface area contributed by atoms with Crippen molar-refractivity contribution in [3.63, 3.8) is 0 Å². The standard InChI is InChI=1S/C22H24N4O2S/c27-21(19-8-3-11-25(15-19)22(28)20-9-4-13-29-20)23-14-17-6-1-2-7-18(17)16-26-12-5-10-24-26/h1-2,4-7,9-10,12-13,19H,3,8,11,14-16H2,(H,23,27)/t19-/m1/s1. The third-order valence-electron chi connectivity index (χ3n) is 5.27. The zero-order chi connectivity index (χ0) is 20.1. The van der Waals surface area contributed by atoms with Crippen molar-refractivity contribution in [1.29, 1.82) is 0 Å². The van der Waals surface area contributed by atoms with Gasteiger partial charge in [-0.3, -0.25) is 14.3 Å². The number of amides is 2. The number of nitrogens with zero attached hydrogens (tertiary/aromatic N) is 3. The van der Waals surface area contributed by atoms with Gasteiger partial charge in [-0.05, 0) is 41.5 Å². The van der Waals surface area contributed by atoms with E-state index in [1.54, 1.807) is 6.20 Å². The highest BCUT2D eigenvalue weighted by atomic mass is 32.1. The molecule has 0 unspecified atom stereocenters. The van der Waals surface area contributed by atoms with Gasteiger partial charge in [0.1, 0.15) is 0 Å². The predicted molar refractivity (Wildman–Crippen MR) is 113 cm³/mol. The summed E-state index contributed by atoms with van der Waals surface area (Å²) in [7, 11) is 0. The maximum absolute atomic E-state index is 12.8.